The first-order valence-electron chi connectivity index (χ1n) is 7.01. The summed E-state index contributed by atoms with van der Waals surface area (Å²) in [5.74, 6) is -1.12. The number of aliphatic hydroxyl groups excluding tert-OH is 1. The molecule has 0 bridgehead atoms. The summed E-state index contributed by atoms with van der Waals surface area (Å²) in [6.45, 7) is 0.159. The molecule has 1 aliphatic carbocycles. The third kappa shape index (κ3) is 3.05. The third-order valence-electron chi connectivity index (χ3n) is 3.79. The Morgan fingerprint density at radius 3 is 2.76 bits per heavy atom. The number of halogens is 2. The minimum Gasteiger partial charge on any atom is -0.489 e. The Kier molecular flexibility index (Phi) is 3.88. The van der Waals surface area contributed by atoms with E-state index in [2.05, 4.69) is 0 Å². The summed E-state index contributed by atoms with van der Waals surface area (Å²) < 4.78 is 31.6. The zero-order valence-electron chi connectivity index (χ0n) is 11.5. The molecule has 110 valence electrons. The Morgan fingerprint density at radius 2 is 1.95 bits per heavy atom. The van der Waals surface area contributed by atoms with Gasteiger partial charge in [-0.25, -0.2) is 8.78 Å². The van der Waals surface area contributed by atoms with Crippen LogP contribution in [0.5, 0.6) is 5.75 Å². The standard InChI is InChI=1S/C17H16F2O2/c18-15-7-4-11(8-16(15)19)10-21-13-6-5-12-2-1-3-17(20)14(12)9-13/h4-9,17,20H,1-3,10H2/t17-/m0/s1. The van der Waals surface area contributed by atoms with Gasteiger partial charge in [-0.1, -0.05) is 12.1 Å². The van der Waals surface area contributed by atoms with Crippen LogP contribution in [0.3, 0.4) is 0 Å². The average Bonchev–Trinajstić information content (AvgIpc) is 2.49. The Bertz CT molecular complexity index is 655. The van der Waals surface area contributed by atoms with Crippen LogP contribution in [0, 0.1) is 11.6 Å². The molecule has 0 saturated carbocycles. The molecule has 4 heteroatoms. The van der Waals surface area contributed by atoms with Crippen LogP contribution in [-0.4, -0.2) is 5.11 Å². The minimum atomic E-state index is -0.878. The predicted molar refractivity (Wildman–Crippen MR) is 75.0 cm³/mol. The van der Waals surface area contributed by atoms with E-state index >= 15 is 0 Å². The second-order valence-electron chi connectivity index (χ2n) is 5.31. The van der Waals surface area contributed by atoms with Crippen LogP contribution in [0.25, 0.3) is 0 Å². The zero-order chi connectivity index (χ0) is 14.8. The Balaban J connectivity index is 1.73. The second-order valence-corrected chi connectivity index (χ2v) is 5.31. The van der Waals surface area contributed by atoms with E-state index in [1.54, 1.807) is 0 Å². The van der Waals surface area contributed by atoms with Gasteiger partial charge in [0.15, 0.2) is 11.6 Å². The van der Waals surface area contributed by atoms with Gasteiger partial charge in [-0.3, -0.25) is 0 Å². The van der Waals surface area contributed by atoms with E-state index in [4.69, 9.17) is 4.74 Å². The SMILES string of the molecule is O[C@H]1CCCc2ccc(OCc3ccc(F)c(F)c3)cc21. The van der Waals surface area contributed by atoms with E-state index in [0.717, 1.165) is 42.5 Å². The maximum absolute atomic E-state index is 13.1. The molecule has 0 aliphatic heterocycles. The molecule has 0 spiro atoms. The smallest absolute Gasteiger partial charge is 0.159 e. The molecule has 0 amide bonds. The minimum absolute atomic E-state index is 0.159. The summed E-state index contributed by atoms with van der Waals surface area (Å²) >= 11 is 0. The largest absolute Gasteiger partial charge is 0.489 e. The van der Waals surface area contributed by atoms with Crippen molar-refractivity contribution < 1.29 is 18.6 Å². The van der Waals surface area contributed by atoms with Gasteiger partial charge in [-0.2, -0.15) is 0 Å². The van der Waals surface area contributed by atoms with Crippen molar-refractivity contribution in [2.24, 2.45) is 0 Å². The first-order chi connectivity index (χ1) is 10.1. The van der Waals surface area contributed by atoms with E-state index in [0.29, 0.717) is 11.3 Å². The Labute approximate surface area is 122 Å². The fourth-order valence-corrected chi connectivity index (χ4v) is 2.64. The number of hydrogen-bond donors (Lipinski definition) is 1. The van der Waals surface area contributed by atoms with Crippen molar-refractivity contribution >= 4 is 0 Å². The van der Waals surface area contributed by atoms with E-state index in [9.17, 15) is 13.9 Å². The number of benzene rings is 2. The molecule has 0 fully saturated rings. The van der Waals surface area contributed by atoms with Gasteiger partial charge in [0.25, 0.3) is 0 Å². The molecule has 2 nitrogen and oxygen atoms in total. The molecule has 0 unspecified atom stereocenters. The number of hydrogen-bond acceptors (Lipinski definition) is 2. The average molecular weight is 290 g/mol. The first-order valence-corrected chi connectivity index (χ1v) is 7.01. The lowest BCUT2D eigenvalue weighted by Gasteiger charge is -2.22. The topological polar surface area (TPSA) is 29.5 Å². The molecule has 0 heterocycles. The molecule has 0 saturated heterocycles. The molecule has 2 aromatic rings. The fraction of sp³-hybridized carbons (Fsp3) is 0.294. The van der Waals surface area contributed by atoms with Crippen LogP contribution >= 0.6 is 0 Å². The second kappa shape index (κ2) is 5.82. The highest BCUT2D eigenvalue weighted by molar-refractivity contribution is 5.38. The maximum atomic E-state index is 13.1. The molecule has 1 aliphatic rings. The lowest BCUT2D eigenvalue weighted by Crippen LogP contribution is -2.09. The summed E-state index contributed by atoms with van der Waals surface area (Å²) in [7, 11) is 0. The molecule has 0 aromatic heterocycles. The van der Waals surface area contributed by atoms with Crippen molar-refractivity contribution in [1.82, 2.24) is 0 Å². The molecule has 1 atom stereocenters. The van der Waals surface area contributed by atoms with Gasteiger partial charge in [0.05, 0.1) is 6.10 Å². The molecule has 21 heavy (non-hydrogen) atoms. The Morgan fingerprint density at radius 1 is 1.10 bits per heavy atom. The number of ether oxygens (including phenoxy) is 1. The lowest BCUT2D eigenvalue weighted by atomic mass is 9.89. The number of fused-ring (bicyclic) bond motifs is 1. The van der Waals surface area contributed by atoms with Gasteiger partial charge in [-0.15, -0.1) is 0 Å². The third-order valence-corrected chi connectivity index (χ3v) is 3.79. The number of aryl methyl sites for hydroxylation is 1. The lowest BCUT2D eigenvalue weighted by molar-refractivity contribution is 0.156. The van der Waals surface area contributed by atoms with Crippen molar-refractivity contribution in [2.75, 3.05) is 0 Å². The number of aliphatic hydroxyl groups is 1. The quantitative estimate of drug-likeness (QED) is 0.928. The monoisotopic (exact) mass is 290 g/mol. The molecular weight excluding hydrogens is 274 g/mol. The summed E-state index contributed by atoms with van der Waals surface area (Å²) in [6, 6.07) is 9.34. The van der Waals surface area contributed by atoms with Crippen LogP contribution in [0.15, 0.2) is 36.4 Å². The summed E-state index contributed by atoms with van der Waals surface area (Å²) in [6.07, 6.45) is 2.28. The summed E-state index contributed by atoms with van der Waals surface area (Å²) in [4.78, 5) is 0. The van der Waals surface area contributed by atoms with E-state index in [1.807, 2.05) is 18.2 Å². The van der Waals surface area contributed by atoms with Gasteiger partial charge in [0, 0.05) is 0 Å². The normalized spacial score (nSPS) is 17.4. The van der Waals surface area contributed by atoms with Crippen molar-refractivity contribution in [3.63, 3.8) is 0 Å². The van der Waals surface area contributed by atoms with Crippen LogP contribution in [-0.2, 0) is 13.0 Å². The number of rotatable bonds is 3. The molecule has 0 radical (unpaired) electrons. The first kappa shape index (κ1) is 14.0. The van der Waals surface area contributed by atoms with Crippen LogP contribution in [0.2, 0.25) is 0 Å². The van der Waals surface area contributed by atoms with Crippen LogP contribution in [0.1, 0.15) is 35.6 Å². The van der Waals surface area contributed by atoms with Crippen molar-refractivity contribution in [3.05, 3.63) is 64.7 Å². The van der Waals surface area contributed by atoms with Crippen molar-refractivity contribution in [2.45, 2.75) is 32.0 Å². The maximum Gasteiger partial charge on any atom is 0.159 e. The van der Waals surface area contributed by atoms with Gasteiger partial charge in [-0.05, 0) is 60.2 Å². The van der Waals surface area contributed by atoms with Gasteiger partial charge in [0.1, 0.15) is 12.4 Å². The summed E-state index contributed by atoms with van der Waals surface area (Å²) in [5, 5.41) is 9.99. The molecular formula is C17H16F2O2. The van der Waals surface area contributed by atoms with Crippen molar-refractivity contribution in [1.29, 1.82) is 0 Å². The Hall–Kier alpha value is -1.94. The molecule has 2 aromatic carbocycles. The highest BCUT2D eigenvalue weighted by Crippen LogP contribution is 2.32. The van der Waals surface area contributed by atoms with Crippen LogP contribution in [0.4, 0.5) is 8.78 Å². The summed E-state index contributed by atoms with van der Waals surface area (Å²) in [5.41, 5.74) is 2.62. The molecule has 1 N–H and O–H groups in total. The van der Waals surface area contributed by atoms with Crippen LogP contribution < -0.4 is 4.74 Å². The van der Waals surface area contributed by atoms with Gasteiger partial charge in [0.2, 0.25) is 0 Å². The van der Waals surface area contributed by atoms with E-state index in [-0.39, 0.29) is 6.61 Å². The zero-order valence-corrected chi connectivity index (χ0v) is 11.5. The predicted octanol–water partition coefficient (Wildman–Crippen LogP) is 3.91. The highest BCUT2D eigenvalue weighted by Gasteiger charge is 2.18. The van der Waals surface area contributed by atoms with Crippen molar-refractivity contribution in [3.8, 4) is 5.75 Å². The molecule has 3 rings (SSSR count). The van der Waals surface area contributed by atoms with Gasteiger partial charge < -0.3 is 9.84 Å². The van der Waals surface area contributed by atoms with E-state index in [1.165, 1.54) is 6.07 Å². The van der Waals surface area contributed by atoms with E-state index < -0.39 is 17.7 Å². The highest BCUT2D eigenvalue weighted by atomic mass is 19.2. The van der Waals surface area contributed by atoms with Gasteiger partial charge >= 0.3 is 0 Å². The fourth-order valence-electron chi connectivity index (χ4n) is 2.64.